The maximum Gasteiger partial charge on any atom is 0.263 e. The lowest BCUT2D eigenvalue weighted by Crippen LogP contribution is -2.17. The van der Waals surface area contributed by atoms with Crippen LogP contribution in [-0.2, 0) is 14.8 Å². The van der Waals surface area contributed by atoms with Crippen LogP contribution in [0, 0.1) is 5.82 Å². The molecule has 3 aromatic carbocycles. The van der Waals surface area contributed by atoms with Crippen molar-refractivity contribution >= 4 is 33.4 Å². The van der Waals surface area contributed by atoms with E-state index in [1.54, 1.807) is 54.6 Å². The third kappa shape index (κ3) is 4.83. The molecule has 0 saturated carbocycles. The summed E-state index contributed by atoms with van der Waals surface area (Å²) in [4.78, 5) is 12.1. The number of rotatable bonds is 6. The van der Waals surface area contributed by atoms with E-state index < -0.39 is 21.7 Å². The van der Waals surface area contributed by atoms with Crippen molar-refractivity contribution in [2.24, 2.45) is 0 Å². The molecular formula is C21H17FN2O3S. The van der Waals surface area contributed by atoms with Gasteiger partial charge in [-0.1, -0.05) is 48.5 Å². The van der Waals surface area contributed by atoms with Gasteiger partial charge in [-0.25, -0.2) is 12.8 Å². The second kappa shape index (κ2) is 8.49. The lowest BCUT2D eigenvalue weighted by Gasteiger charge is -2.12. The molecule has 0 aliphatic heterocycles. The number of carbonyl (C=O) groups is 1. The predicted molar refractivity (Wildman–Crippen MR) is 108 cm³/mol. The van der Waals surface area contributed by atoms with Crippen molar-refractivity contribution < 1.29 is 17.6 Å². The predicted octanol–water partition coefficient (Wildman–Crippen LogP) is 4.28. The molecule has 1 amide bonds. The van der Waals surface area contributed by atoms with Gasteiger partial charge in [-0.05, 0) is 36.4 Å². The van der Waals surface area contributed by atoms with Gasteiger partial charge in [0.25, 0.3) is 10.0 Å². The average molecular weight is 396 g/mol. The van der Waals surface area contributed by atoms with Gasteiger partial charge in [0, 0.05) is 17.3 Å². The van der Waals surface area contributed by atoms with Crippen molar-refractivity contribution in [3.8, 4) is 0 Å². The van der Waals surface area contributed by atoms with Crippen LogP contribution < -0.4 is 10.0 Å². The quantitative estimate of drug-likeness (QED) is 0.611. The third-order valence-electron chi connectivity index (χ3n) is 3.78. The van der Waals surface area contributed by atoms with Crippen molar-refractivity contribution in [3.05, 3.63) is 96.3 Å². The molecule has 0 spiro atoms. The SMILES string of the molecule is O=C(C=Cc1ccccc1F)Nc1ccccc1S(=O)(=O)Nc1ccccc1. The molecule has 0 unspecified atom stereocenters. The minimum Gasteiger partial charge on any atom is -0.321 e. The zero-order chi connectivity index (χ0) is 20.0. The Hall–Kier alpha value is -3.45. The molecule has 2 N–H and O–H groups in total. The minimum absolute atomic E-state index is 0.0773. The molecule has 0 radical (unpaired) electrons. The number of sulfonamides is 1. The lowest BCUT2D eigenvalue weighted by atomic mass is 10.2. The number of anilines is 2. The summed E-state index contributed by atoms with van der Waals surface area (Å²) >= 11 is 0. The van der Waals surface area contributed by atoms with Crippen molar-refractivity contribution in [1.29, 1.82) is 0 Å². The van der Waals surface area contributed by atoms with Crippen LogP contribution in [-0.4, -0.2) is 14.3 Å². The molecule has 0 atom stereocenters. The number of nitrogens with one attached hydrogen (secondary N) is 2. The van der Waals surface area contributed by atoms with Gasteiger partial charge in [0.05, 0.1) is 5.69 Å². The molecule has 0 bridgehead atoms. The number of hydrogen-bond acceptors (Lipinski definition) is 3. The molecule has 0 saturated heterocycles. The molecule has 0 aliphatic rings. The molecule has 142 valence electrons. The summed E-state index contributed by atoms with van der Waals surface area (Å²) < 4.78 is 41.5. The van der Waals surface area contributed by atoms with Gasteiger partial charge in [-0.15, -0.1) is 0 Å². The lowest BCUT2D eigenvalue weighted by molar-refractivity contribution is -0.111. The van der Waals surface area contributed by atoms with E-state index in [-0.39, 0.29) is 16.1 Å². The zero-order valence-electron chi connectivity index (χ0n) is 14.7. The largest absolute Gasteiger partial charge is 0.321 e. The van der Waals surface area contributed by atoms with E-state index in [9.17, 15) is 17.6 Å². The Balaban J connectivity index is 1.80. The number of amides is 1. The number of halogens is 1. The van der Waals surface area contributed by atoms with Gasteiger partial charge in [0.1, 0.15) is 10.7 Å². The van der Waals surface area contributed by atoms with Crippen molar-refractivity contribution in [1.82, 2.24) is 0 Å². The Morgan fingerprint density at radius 3 is 2.25 bits per heavy atom. The van der Waals surface area contributed by atoms with Crippen LogP contribution >= 0.6 is 0 Å². The summed E-state index contributed by atoms with van der Waals surface area (Å²) in [6.07, 6.45) is 2.47. The molecule has 0 heterocycles. The van der Waals surface area contributed by atoms with Gasteiger partial charge < -0.3 is 5.32 Å². The Morgan fingerprint density at radius 2 is 1.50 bits per heavy atom. The van der Waals surface area contributed by atoms with E-state index in [2.05, 4.69) is 10.0 Å². The number of hydrogen-bond donors (Lipinski definition) is 2. The Bertz CT molecular complexity index is 1110. The van der Waals surface area contributed by atoms with Gasteiger partial charge in [-0.2, -0.15) is 0 Å². The van der Waals surface area contributed by atoms with Crippen molar-refractivity contribution in [2.45, 2.75) is 4.90 Å². The van der Waals surface area contributed by atoms with Gasteiger partial charge >= 0.3 is 0 Å². The number of para-hydroxylation sites is 2. The highest BCUT2D eigenvalue weighted by Crippen LogP contribution is 2.23. The third-order valence-corrected chi connectivity index (χ3v) is 5.22. The van der Waals surface area contributed by atoms with Gasteiger partial charge in [0.2, 0.25) is 5.91 Å². The molecular weight excluding hydrogens is 379 g/mol. The van der Waals surface area contributed by atoms with E-state index in [1.165, 1.54) is 30.3 Å². The van der Waals surface area contributed by atoms with Gasteiger partial charge in [-0.3, -0.25) is 9.52 Å². The summed E-state index contributed by atoms with van der Waals surface area (Å²) in [5.74, 6) is -1.03. The maximum absolute atomic E-state index is 13.6. The van der Waals surface area contributed by atoms with E-state index in [1.807, 2.05) is 0 Å². The smallest absolute Gasteiger partial charge is 0.263 e. The molecule has 3 rings (SSSR count). The van der Waals surface area contributed by atoms with Gasteiger partial charge in [0.15, 0.2) is 0 Å². The second-order valence-electron chi connectivity index (χ2n) is 5.81. The molecule has 3 aromatic rings. The highest BCUT2D eigenvalue weighted by atomic mass is 32.2. The molecule has 7 heteroatoms. The van der Waals surface area contributed by atoms with E-state index in [0.717, 1.165) is 6.08 Å². The first kappa shape index (κ1) is 19.3. The Labute approximate surface area is 162 Å². The van der Waals surface area contributed by atoms with Crippen LogP contribution in [0.2, 0.25) is 0 Å². The topological polar surface area (TPSA) is 75.3 Å². The molecule has 0 aliphatic carbocycles. The first-order chi connectivity index (χ1) is 13.5. The molecule has 0 aromatic heterocycles. The first-order valence-corrected chi connectivity index (χ1v) is 9.84. The fourth-order valence-corrected chi connectivity index (χ4v) is 3.69. The molecule has 0 fully saturated rings. The summed E-state index contributed by atoms with van der Waals surface area (Å²) in [6, 6.07) is 20.5. The zero-order valence-corrected chi connectivity index (χ0v) is 15.5. The van der Waals surface area contributed by atoms with E-state index in [4.69, 9.17) is 0 Å². The van der Waals surface area contributed by atoms with Crippen LogP contribution in [0.3, 0.4) is 0 Å². The summed E-state index contributed by atoms with van der Waals surface area (Å²) in [7, 11) is -3.91. The standard InChI is InChI=1S/C21H17FN2O3S/c22-18-11-5-4-8-16(18)14-15-21(25)23-19-12-6-7-13-20(19)28(26,27)24-17-9-2-1-3-10-17/h1-15,24H,(H,23,25). The van der Waals surface area contributed by atoms with E-state index in [0.29, 0.717) is 5.69 Å². The Morgan fingerprint density at radius 1 is 0.857 bits per heavy atom. The number of carbonyl (C=O) groups excluding carboxylic acids is 1. The van der Waals surface area contributed by atoms with Crippen LogP contribution in [0.1, 0.15) is 5.56 Å². The van der Waals surface area contributed by atoms with Crippen molar-refractivity contribution in [3.63, 3.8) is 0 Å². The maximum atomic E-state index is 13.6. The summed E-state index contributed by atoms with van der Waals surface area (Å²) in [5, 5.41) is 2.52. The summed E-state index contributed by atoms with van der Waals surface area (Å²) in [5.41, 5.74) is 0.779. The summed E-state index contributed by atoms with van der Waals surface area (Å²) in [6.45, 7) is 0. The monoisotopic (exact) mass is 396 g/mol. The second-order valence-corrected chi connectivity index (χ2v) is 7.46. The fourth-order valence-electron chi connectivity index (χ4n) is 2.47. The first-order valence-electron chi connectivity index (χ1n) is 8.36. The van der Waals surface area contributed by atoms with Crippen LogP contribution in [0.15, 0.2) is 89.8 Å². The highest BCUT2D eigenvalue weighted by Gasteiger charge is 2.19. The van der Waals surface area contributed by atoms with Crippen molar-refractivity contribution in [2.75, 3.05) is 10.0 Å². The van der Waals surface area contributed by atoms with Crippen LogP contribution in [0.4, 0.5) is 15.8 Å². The number of benzene rings is 3. The average Bonchev–Trinajstić information content (AvgIpc) is 2.68. The molecule has 28 heavy (non-hydrogen) atoms. The molecule has 5 nitrogen and oxygen atoms in total. The minimum atomic E-state index is -3.91. The van der Waals surface area contributed by atoms with Crippen LogP contribution in [0.25, 0.3) is 6.08 Å². The van der Waals surface area contributed by atoms with E-state index >= 15 is 0 Å². The van der Waals surface area contributed by atoms with Crippen LogP contribution in [0.5, 0.6) is 0 Å². The highest BCUT2D eigenvalue weighted by molar-refractivity contribution is 7.92. The Kier molecular flexibility index (Phi) is 5.86. The fraction of sp³-hybridized carbons (Fsp3) is 0. The normalized spacial score (nSPS) is 11.3.